The second-order valence-electron chi connectivity index (χ2n) is 2.49. The van der Waals surface area contributed by atoms with Gasteiger partial charge in [-0.05, 0) is 22.0 Å². The van der Waals surface area contributed by atoms with Gasteiger partial charge in [-0.2, -0.15) is 0 Å². The number of aliphatic hydroxyl groups is 1. The third-order valence-corrected chi connectivity index (χ3v) is 3.32. The van der Waals surface area contributed by atoms with Crippen LogP contribution in [-0.4, -0.2) is 23.8 Å². The van der Waals surface area contributed by atoms with E-state index in [4.69, 9.17) is 0 Å². The highest BCUT2D eigenvalue weighted by atomic mass is 79.9. The normalized spacial score (nSPS) is 13.1. The summed E-state index contributed by atoms with van der Waals surface area (Å²) in [6, 6.07) is 1.42. The summed E-state index contributed by atoms with van der Waals surface area (Å²) in [6.07, 6.45) is 0.537. The van der Waals surface area contributed by atoms with E-state index in [1.165, 1.54) is 12.3 Å². The molecule has 0 aromatic carbocycles. The molecule has 0 aliphatic heterocycles. The van der Waals surface area contributed by atoms with E-state index in [1.807, 2.05) is 0 Å². The zero-order valence-electron chi connectivity index (χ0n) is 6.85. The Hall–Kier alpha value is 0.0200. The molecule has 1 N–H and O–H groups in total. The Morgan fingerprint density at radius 2 is 2.21 bits per heavy atom. The summed E-state index contributed by atoms with van der Waals surface area (Å²) in [5, 5.41) is 9.71. The fourth-order valence-electron chi connectivity index (χ4n) is 0.915. The monoisotopic (exact) mass is 343 g/mol. The lowest BCUT2D eigenvalue weighted by Crippen LogP contribution is -2.05. The van der Waals surface area contributed by atoms with Gasteiger partial charge in [0, 0.05) is 16.0 Å². The van der Waals surface area contributed by atoms with E-state index in [0.717, 1.165) is 0 Å². The van der Waals surface area contributed by atoms with E-state index in [0.29, 0.717) is 4.47 Å². The first-order chi connectivity index (χ1) is 6.56. The summed E-state index contributed by atoms with van der Waals surface area (Å²) in [7, 11) is -2.74. The molecule has 0 saturated carbocycles. The lowest BCUT2D eigenvalue weighted by Gasteiger charge is -2.08. The molecule has 1 aromatic rings. The SMILES string of the molecule is O=[SH](=O)c1cc(Br)cnc1C(O)CBr. The minimum atomic E-state index is -2.74. The van der Waals surface area contributed by atoms with Crippen molar-refractivity contribution in [2.24, 2.45) is 0 Å². The molecule has 0 aliphatic carbocycles. The van der Waals surface area contributed by atoms with Gasteiger partial charge in [0.2, 0.25) is 0 Å². The summed E-state index contributed by atoms with van der Waals surface area (Å²) in [5.74, 6) is 0. The maximum absolute atomic E-state index is 10.8. The molecule has 14 heavy (non-hydrogen) atoms. The molecule has 0 saturated heterocycles. The van der Waals surface area contributed by atoms with E-state index in [9.17, 15) is 13.5 Å². The van der Waals surface area contributed by atoms with E-state index >= 15 is 0 Å². The molecular formula is C7H7Br2NO3S. The molecule has 0 spiro atoms. The first-order valence-corrected chi connectivity index (χ1v) is 6.69. The van der Waals surface area contributed by atoms with Crippen molar-refractivity contribution in [1.29, 1.82) is 0 Å². The number of pyridine rings is 1. The Bertz CT molecular complexity index is 400. The molecule has 0 aliphatic rings. The van der Waals surface area contributed by atoms with Crippen molar-refractivity contribution in [1.82, 2.24) is 4.98 Å². The largest absolute Gasteiger partial charge is 0.386 e. The minimum absolute atomic E-state index is 0.0429. The summed E-state index contributed by atoms with van der Waals surface area (Å²) in [6.45, 7) is 0. The van der Waals surface area contributed by atoms with E-state index in [2.05, 4.69) is 36.8 Å². The second kappa shape index (κ2) is 5.20. The number of aromatic nitrogens is 1. The smallest absolute Gasteiger partial charge is 0.170 e. The zero-order chi connectivity index (χ0) is 10.7. The number of halogens is 2. The topological polar surface area (TPSA) is 67.3 Å². The van der Waals surface area contributed by atoms with Gasteiger partial charge < -0.3 is 5.11 Å². The van der Waals surface area contributed by atoms with Crippen molar-refractivity contribution in [2.75, 3.05) is 5.33 Å². The van der Waals surface area contributed by atoms with Crippen molar-refractivity contribution in [3.8, 4) is 0 Å². The van der Waals surface area contributed by atoms with Crippen LogP contribution in [0.15, 0.2) is 21.6 Å². The van der Waals surface area contributed by atoms with Crippen LogP contribution in [0, 0.1) is 0 Å². The minimum Gasteiger partial charge on any atom is -0.386 e. The van der Waals surface area contributed by atoms with Crippen molar-refractivity contribution < 1.29 is 13.5 Å². The highest BCUT2D eigenvalue weighted by Gasteiger charge is 2.14. The van der Waals surface area contributed by atoms with Crippen molar-refractivity contribution in [3.63, 3.8) is 0 Å². The number of nitrogens with zero attached hydrogens (tertiary/aromatic N) is 1. The Kier molecular flexibility index (Phi) is 4.49. The van der Waals surface area contributed by atoms with Gasteiger partial charge in [-0.1, -0.05) is 15.9 Å². The molecule has 1 atom stereocenters. The summed E-state index contributed by atoms with van der Waals surface area (Å²) < 4.78 is 22.3. The number of hydrogen-bond donors (Lipinski definition) is 2. The molecule has 1 unspecified atom stereocenters. The van der Waals surface area contributed by atoms with E-state index in [-0.39, 0.29) is 15.9 Å². The molecular weight excluding hydrogens is 338 g/mol. The fraction of sp³-hybridized carbons (Fsp3) is 0.286. The molecule has 1 rings (SSSR count). The Balaban J connectivity index is 3.28. The highest BCUT2D eigenvalue weighted by Crippen LogP contribution is 2.21. The first-order valence-electron chi connectivity index (χ1n) is 3.60. The number of thiol groups is 1. The predicted molar refractivity (Wildman–Crippen MR) is 59.3 cm³/mol. The molecule has 1 aromatic heterocycles. The molecule has 0 radical (unpaired) electrons. The predicted octanol–water partition coefficient (Wildman–Crippen LogP) is 1.24. The second-order valence-corrected chi connectivity index (χ2v) is 5.04. The van der Waals surface area contributed by atoms with Crippen LogP contribution in [0.25, 0.3) is 0 Å². The van der Waals surface area contributed by atoms with Crippen LogP contribution in [0.2, 0.25) is 0 Å². The maximum Gasteiger partial charge on any atom is 0.170 e. The van der Waals surface area contributed by atoms with Gasteiger partial charge in [-0.3, -0.25) is 4.98 Å². The lowest BCUT2D eigenvalue weighted by atomic mass is 10.2. The number of alkyl halides is 1. The maximum atomic E-state index is 10.8. The van der Waals surface area contributed by atoms with Gasteiger partial charge >= 0.3 is 0 Å². The van der Waals surface area contributed by atoms with Crippen LogP contribution in [-0.2, 0) is 10.7 Å². The van der Waals surface area contributed by atoms with Gasteiger partial charge in [0.1, 0.15) is 6.10 Å². The van der Waals surface area contributed by atoms with Gasteiger partial charge in [0.15, 0.2) is 10.7 Å². The molecule has 1 heterocycles. The molecule has 0 bridgehead atoms. The fourth-order valence-corrected chi connectivity index (χ4v) is 2.37. The quantitative estimate of drug-likeness (QED) is 0.639. The number of rotatable bonds is 3. The van der Waals surface area contributed by atoms with Crippen LogP contribution in [0.3, 0.4) is 0 Å². The average Bonchev–Trinajstić information content (AvgIpc) is 2.16. The molecule has 78 valence electrons. The molecule has 0 amide bonds. The van der Waals surface area contributed by atoms with Crippen LogP contribution < -0.4 is 0 Å². The van der Waals surface area contributed by atoms with Gasteiger partial charge in [-0.15, -0.1) is 0 Å². The zero-order valence-corrected chi connectivity index (χ0v) is 10.9. The van der Waals surface area contributed by atoms with Crippen molar-refractivity contribution in [3.05, 3.63) is 22.4 Å². The molecule has 0 fully saturated rings. The summed E-state index contributed by atoms with van der Waals surface area (Å²) >= 11 is 6.17. The molecule has 7 heteroatoms. The van der Waals surface area contributed by atoms with Crippen molar-refractivity contribution in [2.45, 2.75) is 11.0 Å². The number of hydrogen-bond acceptors (Lipinski definition) is 4. The molecule has 4 nitrogen and oxygen atoms in total. The van der Waals surface area contributed by atoms with Gasteiger partial charge in [0.25, 0.3) is 0 Å². The Labute approximate surface area is 99.6 Å². The summed E-state index contributed by atoms with van der Waals surface area (Å²) in [5.41, 5.74) is 0.168. The van der Waals surface area contributed by atoms with E-state index in [1.54, 1.807) is 0 Å². The van der Waals surface area contributed by atoms with E-state index < -0.39 is 16.8 Å². The third kappa shape index (κ3) is 2.75. The number of aliphatic hydroxyl groups excluding tert-OH is 1. The lowest BCUT2D eigenvalue weighted by molar-refractivity contribution is 0.197. The van der Waals surface area contributed by atoms with Crippen molar-refractivity contribution >= 4 is 42.6 Å². The average molecular weight is 345 g/mol. The van der Waals surface area contributed by atoms with Gasteiger partial charge in [0.05, 0.1) is 10.6 Å². The van der Waals surface area contributed by atoms with Crippen LogP contribution in [0.5, 0.6) is 0 Å². The Morgan fingerprint density at radius 1 is 1.57 bits per heavy atom. The van der Waals surface area contributed by atoms with Crippen LogP contribution in [0.4, 0.5) is 0 Å². The first kappa shape index (κ1) is 12.1. The highest BCUT2D eigenvalue weighted by molar-refractivity contribution is 9.10. The Morgan fingerprint density at radius 3 is 2.71 bits per heavy atom. The van der Waals surface area contributed by atoms with Gasteiger partial charge in [-0.25, -0.2) is 8.42 Å². The third-order valence-electron chi connectivity index (χ3n) is 1.52. The van der Waals surface area contributed by atoms with Crippen LogP contribution in [0.1, 0.15) is 11.8 Å². The summed E-state index contributed by atoms with van der Waals surface area (Å²) in [4.78, 5) is 3.90. The standard InChI is InChI=1S/C7H7Br2NO3S/c8-2-5(11)7-6(14(12)13)1-4(9)3-10-7/h1,3,5,11,14H,2H2. The van der Waals surface area contributed by atoms with Crippen LogP contribution >= 0.6 is 31.9 Å².